The van der Waals surface area contributed by atoms with E-state index in [2.05, 4.69) is 26.5 Å². The number of hydrogen-bond donors (Lipinski definition) is 0. The fourth-order valence-electron chi connectivity index (χ4n) is 1.92. The Morgan fingerprint density at radius 1 is 1.75 bits per heavy atom. The molecule has 1 aliphatic carbocycles. The third kappa shape index (κ3) is 1.36. The van der Waals surface area contributed by atoms with Gasteiger partial charge in [0.2, 0.25) is 0 Å². The van der Waals surface area contributed by atoms with Gasteiger partial charge in [0.05, 0.1) is 0 Å². The maximum absolute atomic E-state index is 10.4. The van der Waals surface area contributed by atoms with Crippen molar-refractivity contribution in [3.63, 3.8) is 0 Å². The molecule has 0 aromatic carbocycles. The minimum atomic E-state index is 0.142. The highest BCUT2D eigenvalue weighted by atomic mass is 16.1. The average molecular weight is 164 g/mol. The lowest BCUT2D eigenvalue weighted by molar-refractivity contribution is -0.109. The lowest BCUT2D eigenvalue weighted by Gasteiger charge is -2.28. The van der Waals surface area contributed by atoms with Crippen molar-refractivity contribution in [1.82, 2.24) is 0 Å². The van der Waals surface area contributed by atoms with Crippen LogP contribution in [0.5, 0.6) is 0 Å². The van der Waals surface area contributed by atoms with Crippen molar-refractivity contribution in [1.29, 1.82) is 0 Å². The Balaban J connectivity index is 2.77. The largest absolute Gasteiger partial charge is 0.303 e. The van der Waals surface area contributed by atoms with Crippen molar-refractivity contribution in [2.45, 2.75) is 26.7 Å². The van der Waals surface area contributed by atoms with E-state index in [1.807, 2.05) is 6.08 Å². The lowest BCUT2D eigenvalue weighted by Crippen LogP contribution is -2.20. The van der Waals surface area contributed by atoms with E-state index in [-0.39, 0.29) is 5.41 Å². The second kappa shape index (κ2) is 3.26. The standard InChI is InChI=1S/C11H16O/c1-4-9-5-6-10(7-8-12)11(9,2)3/h4-5,8,10H,1,6-7H2,2-3H3/t10-/m1/s1. The van der Waals surface area contributed by atoms with Crippen LogP contribution in [0.25, 0.3) is 0 Å². The molecule has 0 saturated heterocycles. The van der Waals surface area contributed by atoms with Gasteiger partial charge in [0.25, 0.3) is 0 Å². The normalized spacial score (nSPS) is 26.5. The van der Waals surface area contributed by atoms with Gasteiger partial charge in [-0.1, -0.05) is 32.6 Å². The third-order valence-electron chi connectivity index (χ3n) is 2.99. The predicted octanol–water partition coefficient (Wildman–Crippen LogP) is 2.73. The highest BCUT2D eigenvalue weighted by Crippen LogP contribution is 2.44. The second-order valence-electron chi connectivity index (χ2n) is 3.92. The van der Waals surface area contributed by atoms with Gasteiger partial charge in [-0.05, 0) is 23.3 Å². The molecule has 0 saturated carbocycles. The molecule has 1 rings (SSSR count). The van der Waals surface area contributed by atoms with Crippen molar-refractivity contribution in [2.24, 2.45) is 11.3 Å². The van der Waals surface area contributed by atoms with Gasteiger partial charge in [-0.3, -0.25) is 0 Å². The van der Waals surface area contributed by atoms with E-state index in [1.165, 1.54) is 5.57 Å². The highest BCUT2D eigenvalue weighted by Gasteiger charge is 2.34. The first-order valence-corrected chi connectivity index (χ1v) is 4.39. The van der Waals surface area contributed by atoms with Crippen LogP contribution in [0.1, 0.15) is 26.7 Å². The number of carbonyl (C=O) groups excluding carboxylic acids is 1. The Morgan fingerprint density at radius 2 is 2.42 bits per heavy atom. The molecule has 0 amide bonds. The van der Waals surface area contributed by atoms with Gasteiger partial charge in [-0.25, -0.2) is 0 Å². The van der Waals surface area contributed by atoms with Crippen LogP contribution in [0.3, 0.4) is 0 Å². The fourth-order valence-corrected chi connectivity index (χ4v) is 1.92. The molecule has 1 atom stereocenters. The maximum atomic E-state index is 10.4. The monoisotopic (exact) mass is 164 g/mol. The molecule has 0 fully saturated rings. The first-order chi connectivity index (χ1) is 5.62. The molecule has 12 heavy (non-hydrogen) atoms. The summed E-state index contributed by atoms with van der Waals surface area (Å²) < 4.78 is 0. The summed E-state index contributed by atoms with van der Waals surface area (Å²) in [5.41, 5.74) is 1.43. The molecule has 0 N–H and O–H groups in total. The number of rotatable bonds is 3. The minimum absolute atomic E-state index is 0.142. The van der Waals surface area contributed by atoms with Crippen LogP contribution < -0.4 is 0 Å². The summed E-state index contributed by atoms with van der Waals surface area (Å²) in [6.07, 6.45) is 6.81. The lowest BCUT2D eigenvalue weighted by atomic mass is 9.76. The molecule has 0 aliphatic heterocycles. The van der Waals surface area contributed by atoms with E-state index in [4.69, 9.17) is 0 Å². The SMILES string of the molecule is C=CC1=CC[C@H](CC=O)C1(C)C. The molecule has 0 heterocycles. The molecule has 0 aromatic rings. The molecule has 66 valence electrons. The Labute approximate surface area is 74.2 Å². The van der Waals surface area contributed by atoms with Crippen LogP contribution in [0.15, 0.2) is 24.3 Å². The smallest absolute Gasteiger partial charge is 0.120 e. The van der Waals surface area contributed by atoms with Crippen LogP contribution in [0.4, 0.5) is 0 Å². The Kier molecular flexibility index (Phi) is 2.51. The molecule has 0 spiro atoms. The second-order valence-corrected chi connectivity index (χ2v) is 3.92. The summed E-state index contributed by atoms with van der Waals surface area (Å²) in [4.78, 5) is 10.4. The van der Waals surface area contributed by atoms with Crippen LogP contribution in [-0.2, 0) is 4.79 Å². The van der Waals surface area contributed by atoms with Crippen molar-refractivity contribution in [3.05, 3.63) is 24.3 Å². The van der Waals surface area contributed by atoms with Gasteiger partial charge in [-0.2, -0.15) is 0 Å². The van der Waals surface area contributed by atoms with Crippen LogP contribution >= 0.6 is 0 Å². The Morgan fingerprint density at radius 3 is 2.83 bits per heavy atom. The molecule has 1 aliphatic rings. The Bertz CT molecular complexity index is 223. The van der Waals surface area contributed by atoms with Crippen LogP contribution in [-0.4, -0.2) is 6.29 Å². The summed E-state index contributed by atoms with van der Waals surface area (Å²) in [7, 11) is 0. The van der Waals surface area contributed by atoms with Crippen molar-refractivity contribution < 1.29 is 4.79 Å². The van der Waals surface area contributed by atoms with Gasteiger partial charge in [0, 0.05) is 6.42 Å². The number of aldehydes is 1. The zero-order valence-electron chi connectivity index (χ0n) is 7.84. The van der Waals surface area contributed by atoms with Gasteiger partial charge in [0.1, 0.15) is 6.29 Å². The summed E-state index contributed by atoms with van der Waals surface area (Å²) in [5, 5.41) is 0. The zero-order valence-corrected chi connectivity index (χ0v) is 7.84. The van der Waals surface area contributed by atoms with E-state index in [0.29, 0.717) is 12.3 Å². The fraction of sp³-hybridized carbons (Fsp3) is 0.545. The van der Waals surface area contributed by atoms with Gasteiger partial charge >= 0.3 is 0 Å². The van der Waals surface area contributed by atoms with Gasteiger partial charge in [-0.15, -0.1) is 0 Å². The average Bonchev–Trinajstić information content (AvgIpc) is 2.28. The molecule has 1 heteroatoms. The minimum Gasteiger partial charge on any atom is -0.303 e. The van der Waals surface area contributed by atoms with E-state index < -0.39 is 0 Å². The number of allylic oxidation sites excluding steroid dienone is 3. The summed E-state index contributed by atoms with van der Waals surface area (Å²) >= 11 is 0. The summed E-state index contributed by atoms with van der Waals surface area (Å²) in [6, 6.07) is 0. The Hall–Kier alpha value is -0.850. The maximum Gasteiger partial charge on any atom is 0.120 e. The molecular formula is C11H16O. The topological polar surface area (TPSA) is 17.1 Å². The summed E-state index contributed by atoms with van der Waals surface area (Å²) in [5.74, 6) is 0.475. The predicted molar refractivity (Wildman–Crippen MR) is 50.8 cm³/mol. The van der Waals surface area contributed by atoms with Gasteiger partial charge < -0.3 is 4.79 Å². The van der Waals surface area contributed by atoms with Gasteiger partial charge in [0.15, 0.2) is 0 Å². The number of hydrogen-bond acceptors (Lipinski definition) is 1. The summed E-state index contributed by atoms with van der Waals surface area (Å²) in [6.45, 7) is 8.14. The number of carbonyl (C=O) groups is 1. The first kappa shape index (κ1) is 9.24. The molecule has 0 unspecified atom stereocenters. The molecule has 0 radical (unpaired) electrons. The van der Waals surface area contributed by atoms with Crippen LogP contribution in [0, 0.1) is 11.3 Å². The zero-order chi connectivity index (χ0) is 9.19. The molecular weight excluding hydrogens is 148 g/mol. The quantitative estimate of drug-likeness (QED) is 0.586. The first-order valence-electron chi connectivity index (χ1n) is 4.39. The van der Waals surface area contributed by atoms with Crippen LogP contribution in [0.2, 0.25) is 0 Å². The van der Waals surface area contributed by atoms with E-state index in [0.717, 1.165) is 12.7 Å². The van der Waals surface area contributed by atoms with Crippen molar-refractivity contribution in [3.8, 4) is 0 Å². The van der Waals surface area contributed by atoms with E-state index in [1.54, 1.807) is 0 Å². The highest BCUT2D eigenvalue weighted by molar-refractivity contribution is 5.51. The molecule has 0 bridgehead atoms. The van der Waals surface area contributed by atoms with Crippen molar-refractivity contribution in [2.75, 3.05) is 0 Å². The molecule has 1 nitrogen and oxygen atoms in total. The van der Waals surface area contributed by atoms with Crippen molar-refractivity contribution >= 4 is 6.29 Å². The molecule has 0 aromatic heterocycles. The van der Waals surface area contributed by atoms with E-state index >= 15 is 0 Å². The third-order valence-corrected chi connectivity index (χ3v) is 2.99. The van der Waals surface area contributed by atoms with E-state index in [9.17, 15) is 4.79 Å².